The van der Waals surface area contributed by atoms with Gasteiger partial charge in [-0.25, -0.2) is 0 Å². The number of hydrogen-bond donors (Lipinski definition) is 1. The summed E-state index contributed by atoms with van der Waals surface area (Å²) in [6.07, 6.45) is 3.38. The Morgan fingerprint density at radius 3 is 2.45 bits per heavy atom. The van der Waals surface area contributed by atoms with E-state index in [2.05, 4.69) is 60.4 Å². The zero-order chi connectivity index (χ0) is 23.4. The monoisotopic (exact) mass is 462 g/mol. The largest absolute Gasteiger partial charge is 0.497 e. The van der Waals surface area contributed by atoms with Gasteiger partial charge in [0.2, 0.25) is 5.82 Å². The summed E-state index contributed by atoms with van der Waals surface area (Å²) in [4.78, 5) is 6.93. The second-order valence-corrected chi connectivity index (χ2v) is 8.69. The number of allylic oxidation sites excluding steroid dienone is 1. The smallest absolute Gasteiger partial charge is 0.258 e. The van der Waals surface area contributed by atoms with E-state index < -0.39 is 0 Å². The van der Waals surface area contributed by atoms with Crippen molar-refractivity contribution in [3.05, 3.63) is 71.2 Å². The molecule has 1 unspecified atom stereocenters. The van der Waals surface area contributed by atoms with Gasteiger partial charge in [0.1, 0.15) is 5.75 Å². The van der Waals surface area contributed by atoms with Gasteiger partial charge in [-0.15, -0.1) is 0 Å². The first kappa shape index (κ1) is 23.0. The van der Waals surface area contributed by atoms with Crippen LogP contribution in [0.4, 0.5) is 0 Å². The first-order valence-electron chi connectivity index (χ1n) is 11.4. The quantitative estimate of drug-likeness (QED) is 0.330. The Hall–Kier alpha value is -3.19. The van der Waals surface area contributed by atoms with Crippen LogP contribution in [0.15, 0.2) is 58.8 Å². The Balaban J connectivity index is 1.74. The molecule has 172 valence electrons. The fourth-order valence-corrected chi connectivity index (χ4v) is 4.39. The molecular formula is C26H30N4O2S. The lowest BCUT2D eigenvalue weighted by Crippen LogP contribution is -2.46. The summed E-state index contributed by atoms with van der Waals surface area (Å²) in [5.41, 5.74) is 5.19. The van der Waals surface area contributed by atoms with Crippen molar-refractivity contribution in [2.24, 2.45) is 0 Å². The number of nitrogens with one attached hydrogen (secondary N) is 1. The van der Waals surface area contributed by atoms with Crippen molar-refractivity contribution in [2.75, 3.05) is 13.7 Å². The van der Waals surface area contributed by atoms with Crippen LogP contribution in [0.5, 0.6) is 5.75 Å². The minimum atomic E-state index is -0.162. The van der Waals surface area contributed by atoms with Crippen LogP contribution in [0, 0.1) is 6.92 Å². The van der Waals surface area contributed by atoms with Crippen LogP contribution in [-0.2, 0) is 0 Å². The molecule has 1 aliphatic rings. The fraction of sp³-hybridized carbons (Fsp3) is 0.346. The maximum absolute atomic E-state index is 5.81. The molecule has 1 aliphatic heterocycles. The molecule has 6 nitrogen and oxygen atoms in total. The number of methoxy groups -OCH3 is 1. The van der Waals surface area contributed by atoms with Crippen LogP contribution in [0.25, 0.3) is 17.0 Å². The van der Waals surface area contributed by atoms with Gasteiger partial charge < -0.3 is 19.5 Å². The molecule has 1 aromatic heterocycles. The second kappa shape index (κ2) is 10.2. The SMILES string of the molecule is CCCCCN1C(=S)NC(c2ccc(C)cc2)C(c2nc(-c3ccc(OC)cc3)no2)=C1C. The molecule has 0 bridgehead atoms. The molecule has 0 fully saturated rings. The molecule has 3 aromatic rings. The second-order valence-electron chi connectivity index (χ2n) is 8.30. The molecule has 0 spiro atoms. The molecule has 1 N–H and O–H groups in total. The van der Waals surface area contributed by atoms with Crippen molar-refractivity contribution in [1.82, 2.24) is 20.4 Å². The highest BCUT2D eigenvalue weighted by molar-refractivity contribution is 7.80. The molecule has 0 aliphatic carbocycles. The maximum Gasteiger partial charge on any atom is 0.258 e. The van der Waals surface area contributed by atoms with E-state index >= 15 is 0 Å². The summed E-state index contributed by atoms with van der Waals surface area (Å²) in [5, 5.41) is 8.53. The van der Waals surface area contributed by atoms with Crippen LogP contribution in [0.1, 0.15) is 56.2 Å². The third kappa shape index (κ3) is 4.93. The van der Waals surface area contributed by atoms with E-state index in [1.165, 1.54) is 5.56 Å². The normalized spacial score (nSPS) is 16.2. The summed E-state index contributed by atoms with van der Waals surface area (Å²) in [5.74, 6) is 1.83. The minimum Gasteiger partial charge on any atom is -0.497 e. The zero-order valence-electron chi connectivity index (χ0n) is 19.6. The molecule has 0 saturated heterocycles. The van der Waals surface area contributed by atoms with Crippen molar-refractivity contribution in [3.63, 3.8) is 0 Å². The van der Waals surface area contributed by atoms with Gasteiger partial charge >= 0.3 is 0 Å². The molecule has 2 aromatic carbocycles. The molecule has 0 amide bonds. The summed E-state index contributed by atoms with van der Waals surface area (Å²) >= 11 is 5.77. The van der Waals surface area contributed by atoms with E-state index in [4.69, 9.17) is 26.5 Å². The predicted octanol–water partition coefficient (Wildman–Crippen LogP) is 5.91. The Labute approximate surface area is 200 Å². The lowest BCUT2D eigenvalue weighted by molar-refractivity contribution is 0.395. The first-order valence-corrected chi connectivity index (χ1v) is 11.8. The molecular weight excluding hydrogens is 432 g/mol. The molecule has 4 rings (SSSR count). The molecule has 33 heavy (non-hydrogen) atoms. The minimum absolute atomic E-state index is 0.162. The number of benzene rings is 2. The highest BCUT2D eigenvalue weighted by Gasteiger charge is 2.33. The van der Waals surface area contributed by atoms with Crippen molar-refractivity contribution in [2.45, 2.75) is 46.1 Å². The van der Waals surface area contributed by atoms with Crippen LogP contribution in [0.2, 0.25) is 0 Å². The lowest BCUT2D eigenvalue weighted by atomic mass is 9.94. The topological polar surface area (TPSA) is 63.4 Å². The van der Waals surface area contributed by atoms with Gasteiger partial charge in [-0.05, 0) is 62.3 Å². The van der Waals surface area contributed by atoms with Crippen LogP contribution in [-0.4, -0.2) is 33.8 Å². The molecule has 1 atom stereocenters. The third-order valence-electron chi connectivity index (χ3n) is 6.00. The van der Waals surface area contributed by atoms with Gasteiger partial charge in [0.15, 0.2) is 5.11 Å². The van der Waals surface area contributed by atoms with Gasteiger partial charge in [-0.2, -0.15) is 4.98 Å². The average Bonchev–Trinajstić information content (AvgIpc) is 3.31. The van der Waals surface area contributed by atoms with Gasteiger partial charge in [-0.3, -0.25) is 0 Å². The van der Waals surface area contributed by atoms with Crippen LogP contribution < -0.4 is 10.1 Å². The standard InChI is InChI=1S/C26H30N4O2S/c1-5-6-7-16-30-18(3)22(23(27-26(30)33)19-10-8-17(2)9-11-19)25-28-24(29-32-25)20-12-14-21(31-4)15-13-20/h8-15,23H,5-7,16H2,1-4H3,(H,27,33). The van der Waals surface area contributed by atoms with Gasteiger partial charge in [0.05, 0.1) is 18.7 Å². The number of ether oxygens (including phenoxy) is 1. The van der Waals surface area contributed by atoms with Gasteiger partial charge in [0, 0.05) is 17.8 Å². The number of aromatic nitrogens is 2. The Morgan fingerprint density at radius 2 is 1.79 bits per heavy atom. The van der Waals surface area contributed by atoms with Gasteiger partial charge in [0.25, 0.3) is 5.89 Å². The number of hydrogen-bond acceptors (Lipinski definition) is 5. The summed E-state index contributed by atoms with van der Waals surface area (Å²) in [7, 11) is 1.65. The number of unbranched alkanes of at least 4 members (excludes halogenated alkanes) is 2. The zero-order valence-corrected chi connectivity index (χ0v) is 20.4. The predicted molar refractivity (Wildman–Crippen MR) is 135 cm³/mol. The van der Waals surface area contributed by atoms with Crippen LogP contribution >= 0.6 is 12.2 Å². The maximum atomic E-state index is 5.81. The van der Waals surface area contributed by atoms with E-state index in [0.29, 0.717) is 11.7 Å². The molecule has 0 radical (unpaired) electrons. The van der Waals surface area contributed by atoms with Crippen molar-refractivity contribution in [1.29, 1.82) is 0 Å². The summed E-state index contributed by atoms with van der Waals surface area (Å²) in [6, 6.07) is 15.9. The number of nitrogens with zero attached hydrogens (tertiary/aromatic N) is 3. The average molecular weight is 463 g/mol. The first-order chi connectivity index (χ1) is 16.0. The number of aryl methyl sites for hydroxylation is 1. The van der Waals surface area contributed by atoms with Crippen LogP contribution in [0.3, 0.4) is 0 Å². The summed E-state index contributed by atoms with van der Waals surface area (Å²) < 4.78 is 11.1. The van der Waals surface area contributed by atoms with E-state index in [1.807, 2.05) is 24.3 Å². The molecule has 0 saturated carbocycles. The number of rotatable bonds is 8. The Bertz CT molecular complexity index is 1140. The van der Waals surface area contributed by atoms with E-state index in [1.54, 1.807) is 7.11 Å². The highest BCUT2D eigenvalue weighted by atomic mass is 32.1. The summed E-state index contributed by atoms with van der Waals surface area (Å²) in [6.45, 7) is 7.23. The van der Waals surface area contributed by atoms with Crippen molar-refractivity contribution in [3.8, 4) is 17.1 Å². The van der Waals surface area contributed by atoms with Crippen molar-refractivity contribution < 1.29 is 9.26 Å². The Kier molecular flexibility index (Phi) is 7.08. The van der Waals surface area contributed by atoms with Gasteiger partial charge in [-0.1, -0.05) is 54.8 Å². The highest BCUT2D eigenvalue weighted by Crippen LogP contribution is 2.37. The van der Waals surface area contributed by atoms with Crippen molar-refractivity contribution >= 4 is 22.9 Å². The Morgan fingerprint density at radius 1 is 1.06 bits per heavy atom. The third-order valence-corrected chi connectivity index (χ3v) is 6.34. The van der Waals surface area contributed by atoms with E-state index in [-0.39, 0.29) is 6.04 Å². The number of thiocarbonyl (C=S) groups is 1. The lowest BCUT2D eigenvalue weighted by Gasteiger charge is -2.37. The fourth-order valence-electron chi connectivity index (χ4n) is 4.05. The molecule has 7 heteroatoms. The van der Waals surface area contributed by atoms with E-state index in [9.17, 15) is 0 Å². The molecule has 2 heterocycles. The van der Waals surface area contributed by atoms with E-state index in [0.717, 1.165) is 59.1 Å².